The van der Waals surface area contributed by atoms with Crippen LogP contribution in [0.2, 0.25) is 0 Å². The van der Waals surface area contributed by atoms with Crippen molar-refractivity contribution in [2.24, 2.45) is 0 Å². The molecule has 0 aliphatic carbocycles. The first-order valence-electron chi connectivity index (χ1n) is 3.31. The standard InChI is InChI=1S/C8H4FNOS/c9-5-1-2-7-6(3-5)10-8(4-11)12-7/h1-4H. The summed E-state index contributed by atoms with van der Waals surface area (Å²) in [5.41, 5.74) is 0.544. The van der Waals surface area contributed by atoms with Gasteiger partial charge >= 0.3 is 0 Å². The van der Waals surface area contributed by atoms with Crippen LogP contribution in [0.1, 0.15) is 9.80 Å². The van der Waals surface area contributed by atoms with Crippen LogP contribution in [0.4, 0.5) is 4.39 Å². The molecule has 4 heteroatoms. The van der Waals surface area contributed by atoms with E-state index in [9.17, 15) is 9.18 Å². The maximum Gasteiger partial charge on any atom is 0.178 e. The Kier molecular flexibility index (Phi) is 1.62. The number of nitrogens with zero attached hydrogens (tertiary/aromatic N) is 1. The molecule has 0 spiro atoms. The molecule has 0 saturated heterocycles. The van der Waals surface area contributed by atoms with E-state index in [4.69, 9.17) is 0 Å². The van der Waals surface area contributed by atoms with Crippen LogP contribution >= 0.6 is 11.3 Å². The molecule has 0 bridgehead atoms. The molecule has 0 N–H and O–H groups in total. The quantitative estimate of drug-likeness (QED) is 0.631. The third-order valence-electron chi connectivity index (χ3n) is 1.47. The average Bonchev–Trinajstić information content (AvgIpc) is 2.46. The van der Waals surface area contributed by atoms with Gasteiger partial charge in [-0.15, -0.1) is 11.3 Å². The molecule has 2 nitrogen and oxygen atoms in total. The molecule has 2 rings (SSSR count). The number of aromatic nitrogens is 1. The summed E-state index contributed by atoms with van der Waals surface area (Å²) in [7, 11) is 0. The van der Waals surface area contributed by atoms with Gasteiger partial charge in [0.05, 0.1) is 10.2 Å². The Morgan fingerprint density at radius 1 is 1.50 bits per heavy atom. The van der Waals surface area contributed by atoms with E-state index in [1.807, 2.05) is 0 Å². The summed E-state index contributed by atoms with van der Waals surface area (Å²) < 4.78 is 13.5. The van der Waals surface area contributed by atoms with Gasteiger partial charge in [-0.3, -0.25) is 4.79 Å². The van der Waals surface area contributed by atoms with Crippen LogP contribution in [0.15, 0.2) is 18.2 Å². The first-order valence-corrected chi connectivity index (χ1v) is 4.12. The number of fused-ring (bicyclic) bond motifs is 1. The first kappa shape index (κ1) is 7.36. The minimum Gasteiger partial charge on any atom is -0.295 e. The lowest BCUT2D eigenvalue weighted by atomic mass is 10.3. The van der Waals surface area contributed by atoms with Crippen molar-refractivity contribution in [2.75, 3.05) is 0 Å². The van der Waals surface area contributed by atoms with Gasteiger partial charge in [0.15, 0.2) is 11.3 Å². The minimum absolute atomic E-state index is 0.328. The lowest BCUT2D eigenvalue weighted by Gasteiger charge is -1.85. The number of carbonyl (C=O) groups is 1. The third kappa shape index (κ3) is 1.10. The molecule has 12 heavy (non-hydrogen) atoms. The molecule has 0 saturated carbocycles. The maximum atomic E-state index is 12.6. The van der Waals surface area contributed by atoms with Crippen molar-refractivity contribution in [3.63, 3.8) is 0 Å². The van der Waals surface area contributed by atoms with E-state index in [1.54, 1.807) is 6.07 Å². The van der Waals surface area contributed by atoms with Crippen LogP contribution in [0, 0.1) is 5.82 Å². The van der Waals surface area contributed by atoms with E-state index in [1.165, 1.54) is 23.5 Å². The van der Waals surface area contributed by atoms with E-state index in [0.29, 0.717) is 16.8 Å². The highest BCUT2D eigenvalue weighted by atomic mass is 32.1. The monoisotopic (exact) mass is 181 g/mol. The van der Waals surface area contributed by atoms with Gasteiger partial charge in [-0.25, -0.2) is 9.37 Å². The Morgan fingerprint density at radius 3 is 3.08 bits per heavy atom. The third-order valence-corrected chi connectivity index (χ3v) is 2.43. The van der Waals surface area contributed by atoms with Gasteiger partial charge in [0.1, 0.15) is 5.82 Å². The summed E-state index contributed by atoms with van der Waals surface area (Å²) in [4.78, 5) is 14.2. The van der Waals surface area contributed by atoms with Gasteiger partial charge in [-0.05, 0) is 12.1 Å². The molecule has 0 aliphatic heterocycles. The van der Waals surface area contributed by atoms with Crippen LogP contribution in [0.5, 0.6) is 0 Å². The van der Waals surface area contributed by atoms with Crippen LogP contribution < -0.4 is 0 Å². The van der Waals surface area contributed by atoms with E-state index < -0.39 is 0 Å². The minimum atomic E-state index is -0.328. The number of carbonyl (C=O) groups excluding carboxylic acids is 1. The Labute approximate surface area is 71.7 Å². The van der Waals surface area contributed by atoms with Crippen molar-refractivity contribution < 1.29 is 9.18 Å². The van der Waals surface area contributed by atoms with Crippen LogP contribution in [0.25, 0.3) is 10.2 Å². The summed E-state index contributed by atoms with van der Waals surface area (Å²) in [5.74, 6) is -0.328. The fourth-order valence-electron chi connectivity index (χ4n) is 0.969. The van der Waals surface area contributed by atoms with E-state index in [-0.39, 0.29) is 5.82 Å². The molecule has 0 atom stereocenters. The Balaban J connectivity index is 2.75. The largest absolute Gasteiger partial charge is 0.295 e. The number of rotatable bonds is 1. The molecule has 0 amide bonds. The fourth-order valence-corrected chi connectivity index (χ4v) is 1.73. The van der Waals surface area contributed by atoms with Crippen LogP contribution in [-0.4, -0.2) is 11.3 Å². The fraction of sp³-hybridized carbons (Fsp3) is 0. The Hall–Kier alpha value is -1.29. The highest BCUT2D eigenvalue weighted by Gasteiger charge is 2.02. The smallest absolute Gasteiger partial charge is 0.178 e. The van der Waals surface area contributed by atoms with E-state index in [2.05, 4.69) is 4.98 Å². The second kappa shape index (κ2) is 2.64. The predicted molar refractivity (Wildman–Crippen MR) is 45.0 cm³/mol. The van der Waals surface area contributed by atoms with Gasteiger partial charge in [-0.1, -0.05) is 0 Å². The summed E-state index contributed by atoms with van der Waals surface area (Å²) in [6, 6.07) is 4.29. The zero-order valence-corrected chi connectivity index (χ0v) is 6.77. The second-order valence-corrected chi connectivity index (χ2v) is 3.34. The Bertz CT molecular complexity index is 438. The Morgan fingerprint density at radius 2 is 2.33 bits per heavy atom. The molecular formula is C8H4FNOS. The van der Waals surface area contributed by atoms with Gasteiger partial charge in [0, 0.05) is 6.07 Å². The molecule has 0 unspecified atom stereocenters. The molecule has 0 fully saturated rings. The number of thiazole rings is 1. The molecule has 2 aromatic rings. The number of aldehydes is 1. The van der Waals surface area contributed by atoms with Crippen molar-refractivity contribution in [1.82, 2.24) is 4.98 Å². The van der Waals surface area contributed by atoms with Gasteiger partial charge in [0.2, 0.25) is 0 Å². The molecule has 1 aromatic carbocycles. The topological polar surface area (TPSA) is 30.0 Å². The van der Waals surface area contributed by atoms with Gasteiger partial charge in [-0.2, -0.15) is 0 Å². The van der Waals surface area contributed by atoms with Crippen molar-refractivity contribution in [3.05, 3.63) is 29.0 Å². The molecule has 1 aromatic heterocycles. The second-order valence-electron chi connectivity index (χ2n) is 2.28. The molecular weight excluding hydrogens is 177 g/mol. The SMILES string of the molecule is O=Cc1nc2cc(F)ccc2s1. The van der Waals surface area contributed by atoms with Crippen molar-refractivity contribution in [3.8, 4) is 0 Å². The summed E-state index contributed by atoms with van der Waals surface area (Å²) in [6.45, 7) is 0. The number of benzene rings is 1. The van der Waals surface area contributed by atoms with Crippen molar-refractivity contribution in [1.29, 1.82) is 0 Å². The van der Waals surface area contributed by atoms with Gasteiger partial charge < -0.3 is 0 Å². The van der Waals surface area contributed by atoms with Crippen molar-refractivity contribution in [2.45, 2.75) is 0 Å². The molecule has 0 radical (unpaired) electrons. The van der Waals surface area contributed by atoms with Crippen LogP contribution in [0.3, 0.4) is 0 Å². The molecule has 1 heterocycles. The lowest BCUT2D eigenvalue weighted by Crippen LogP contribution is -1.75. The lowest BCUT2D eigenvalue weighted by molar-refractivity contribution is 0.112. The zero-order valence-electron chi connectivity index (χ0n) is 5.95. The van der Waals surface area contributed by atoms with Gasteiger partial charge in [0.25, 0.3) is 0 Å². The highest BCUT2D eigenvalue weighted by Crippen LogP contribution is 2.21. The normalized spacial score (nSPS) is 10.4. The summed E-state index contributed by atoms with van der Waals surface area (Å²) in [6.07, 6.45) is 0.669. The number of hydrogen-bond donors (Lipinski definition) is 0. The average molecular weight is 181 g/mol. The molecule has 0 aliphatic rings. The predicted octanol–water partition coefficient (Wildman–Crippen LogP) is 2.25. The first-order chi connectivity index (χ1) is 5.79. The van der Waals surface area contributed by atoms with Crippen molar-refractivity contribution >= 4 is 27.8 Å². The highest BCUT2D eigenvalue weighted by molar-refractivity contribution is 7.19. The number of halogens is 1. The number of hydrogen-bond acceptors (Lipinski definition) is 3. The van der Waals surface area contributed by atoms with E-state index >= 15 is 0 Å². The zero-order chi connectivity index (χ0) is 8.55. The van der Waals surface area contributed by atoms with Crippen LogP contribution in [-0.2, 0) is 0 Å². The maximum absolute atomic E-state index is 12.6. The molecule has 60 valence electrons. The summed E-state index contributed by atoms with van der Waals surface area (Å²) >= 11 is 1.26. The van der Waals surface area contributed by atoms with E-state index in [0.717, 1.165) is 4.70 Å². The summed E-state index contributed by atoms with van der Waals surface area (Å²) in [5, 5.41) is 0.385.